The van der Waals surface area contributed by atoms with Crippen LogP contribution in [0.25, 0.3) is 0 Å². The zero-order valence-corrected chi connectivity index (χ0v) is 12.7. The van der Waals surface area contributed by atoms with Crippen LogP contribution in [0.3, 0.4) is 0 Å². The summed E-state index contributed by atoms with van der Waals surface area (Å²) in [6, 6.07) is 4.01. The summed E-state index contributed by atoms with van der Waals surface area (Å²) in [5.74, 6) is -0.418. The number of hydrogen-bond donors (Lipinski definition) is 1. The number of benzene rings is 1. The molecule has 0 saturated heterocycles. The number of methoxy groups -OCH3 is 2. The Hall–Kier alpha value is -1.51. The summed E-state index contributed by atoms with van der Waals surface area (Å²) < 4.78 is 10.5. The largest absolute Gasteiger partial charge is 0.382 e. The molecule has 0 spiro atoms. The second kappa shape index (κ2) is 7.93. The van der Waals surface area contributed by atoms with E-state index in [-0.39, 0.29) is 23.9 Å². The molecule has 20 heavy (non-hydrogen) atoms. The van der Waals surface area contributed by atoms with Crippen molar-refractivity contribution in [3.8, 4) is 0 Å². The fourth-order valence-corrected chi connectivity index (χ4v) is 1.93. The summed E-state index contributed by atoms with van der Waals surface area (Å²) in [5.41, 5.74) is 0.0602. The van der Waals surface area contributed by atoms with Gasteiger partial charge in [0.1, 0.15) is 0 Å². The number of carbonyl (C=O) groups excluding carboxylic acids is 1. The number of ether oxygens (including phenoxy) is 2. The van der Waals surface area contributed by atoms with Gasteiger partial charge in [0.15, 0.2) is 0 Å². The molecule has 1 aromatic carbocycles. The maximum atomic E-state index is 12.0. The summed E-state index contributed by atoms with van der Waals surface area (Å²) in [5, 5.41) is 13.4. The van der Waals surface area contributed by atoms with E-state index in [1.165, 1.54) is 32.4 Å². The van der Waals surface area contributed by atoms with Gasteiger partial charge in [0.25, 0.3) is 11.6 Å². The van der Waals surface area contributed by atoms with E-state index in [4.69, 9.17) is 9.47 Å². The van der Waals surface area contributed by atoms with Crippen LogP contribution in [0.15, 0.2) is 22.7 Å². The molecule has 0 heterocycles. The van der Waals surface area contributed by atoms with E-state index in [9.17, 15) is 14.9 Å². The lowest BCUT2D eigenvalue weighted by Crippen LogP contribution is -2.35. The van der Waals surface area contributed by atoms with Gasteiger partial charge in [0, 0.05) is 37.4 Å². The van der Waals surface area contributed by atoms with Crippen molar-refractivity contribution in [2.45, 2.75) is 6.10 Å². The first-order valence-electron chi connectivity index (χ1n) is 5.73. The SMILES string of the molecule is COCC(CNC(=O)c1cc([N+](=O)[O-])ccc1Br)OC. The Morgan fingerprint density at radius 1 is 1.50 bits per heavy atom. The lowest BCUT2D eigenvalue weighted by molar-refractivity contribution is -0.384. The molecule has 1 rings (SSSR count). The van der Waals surface area contributed by atoms with E-state index < -0.39 is 10.8 Å². The minimum Gasteiger partial charge on any atom is -0.382 e. The molecular weight excluding hydrogens is 332 g/mol. The lowest BCUT2D eigenvalue weighted by Gasteiger charge is -2.15. The molecule has 1 N–H and O–H groups in total. The molecule has 0 aliphatic carbocycles. The van der Waals surface area contributed by atoms with Crippen LogP contribution in [0.1, 0.15) is 10.4 Å². The molecule has 1 atom stereocenters. The highest BCUT2D eigenvalue weighted by Crippen LogP contribution is 2.22. The normalized spacial score (nSPS) is 11.9. The fraction of sp³-hybridized carbons (Fsp3) is 0.417. The molecule has 0 aromatic heterocycles. The average molecular weight is 347 g/mol. The Kier molecular flexibility index (Phi) is 6.56. The van der Waals surface area contributed by atoms with Gasteiger partial charge >= 0.3 is 0 Å². The molecule has 0 aliphatic heterocycles. The number of hydrogen-bond acceptors (Lipinski definition) is 5. The second-order valence-corrected chi connectivity index (χ2v) is 4.80. The summed E-state index contributed by atoms with van der Waals surface area (Å²) in [6.45, 7) is 0.588. The lowest BCUT2D eigenvalue weighted by atomic mass is 10.2. The van der Waals surface area contributed by atoms with Gasteiger partial charge in [0.2, 0.25) is 0 Å². The zero-order chi connectivity index (χ0) is 15.1. The van der Waals surface area contributed by atoms with Crippen LogP contribution in [-0.2, 0) is 9.47 Å². The Morgan fingerprint density at radius 3 is 2.75 bits per heavy atom. The van der Waals surface area contributed by atoms with Gasteiger partial charge in [-0.2, -0.15) is 0 Å². The number of nitro benzene ring substituents is 1. The smallest absolute Gasteiger partial charge is 0.270 e. The maximum Gasteiger partial charge on any atom is 0.270 e. The zero-order valence-electron chi connectivity index (χ0n) is 11.1. The van der Waals surface area contributed by atoms with Crippen LogP contribution in [0.2, 0.25) is 0 Å². The van der Waals surface area contributed by atoms with Gasteiger partial charge in [-0.15, -0.1) is 0 Å². The monoisotopic (exact) mass is 346 g/mol. The number of nitrogens with one attached hydrogen (secondary N) is 1. The summed E-state index contributed by atoms with van der Waals surface area (Å²) in [4.78, 5) is 22.2. The first kappa shape index (κ1) is 16.5. The maximum absolute atomic E-state index is 12.0. The second-order valence-electron chi connectivity index (χ2n) is 3.94. The van der Waals surface area contributed by atoms with Gasteiger partial charge in [-0.25, -0.2) is 0 Å². The molecule has 0 radical (unpaired) electrons. The minimum atomic E-state index is -0.550. The number of nitro groups is 1. The molecule has 110 valence electrons. The summed E-state index contributed by atoms with van der Waals surface area (Å²) in [6.07, 6.45) is -0.276. The highest BCUT2D eigenvalue weighted by atomic mass is 79.9. The first-order chi connectivity index (χ1) is 9.49. The fourth-order valence-electron chi connectivity index (χ4n) is 1.50. The topological polar surface area (TPSA) is 90.7 Å². The molecule has 1 amide bonds. The van der Waals surface area contributed by atoms with Gasteiger partial charge < -0.3 is 14.8 Å². The Labute approximate surface area is 124 Å². The van der Waals surface area contributed by atoms with Gasteiger partial charge in [-0.1, -0.05) is 0 Å². The molecule has 1 unspecified atom stereocenters. The quantitative estimate of drug-likeness (QED) is 0.599. The van der Waals surface area contributed by atoms with E-state index in [1.54, 1.807) is 0 Å². The minimum absolute atomic E-state index is 0.140. The third kappa shape index (κ3) is 4.55. The molecule has 0 bridgehead atoms. The number of rotatable bonds is 7. The van der Waals surface area contributed by atoms with Crippen molar-refractivity contribution >= 4 is 27.5 Å². The number of halogens is 1. The van der Waals surface area contributed by atoms with Gasteiger partial charge in [-0.3, -0.25) is 14.9 Å². The van der Waals surface area contributed by atoms with Crippen LogP contribution in [0, 0.1) is 10.1 Å². The summed E-state index contributed by atoms with van der Waals surface area (Å²) in [7, 11) is 3.05. The van der Waals surface area contributed by atoms with E-state index >= 15 is 0 Å². The summed E-state index contributed by atoms with van der Waals surface area (Å²) >= 11 is 3.20. The van der Waals surface area contributed by atoms with Crippen LogP contribution in [-0.4, -0.2) is 44.3 Å². The van der Waals surface area contributed by atoms with E-state index in [0.29, 0.717) is 11.1 Å². The van der Waals surface area contributed by atoms with Crippen LogP contribution >= 0.6 is 15.9 Å². The van der Waals surface area contributed by atoms with E-state index in [1.807, 2.05) is 0 Å². The van der Waals surface area contributed by atoms with Crippen molar-refractivity contribution in [1.82, 2.24) is 5.32 Å². The highest BCUT2D eigenvalue weighted by Gasteiger charge is 2.16. The molecule has 0 fully saturated rings. The molecule has 0 aliphatic rings. The van der Waals surface area contributed by atoms with Crippen molar-refractivity contribution in [3.05, 3.63) is 38.3 Å². The molecule has 0 saturated carbocycles. The van der Waals surface area contributed by atoms with Crippen molar-refractivity contribution in [3.63, 3.8) is 0 Å². The van der Waals surface area contributed by atoms with Crippen LogP contribution < -0.4 is 5.32 Å². The van der Waals surface area contributed by atoms with Crippen LogP contribution in [0.4, 0.5) is 5.69 Å². The predicted octanol–water partition coefficient (Wildman–Crippen LogP) is 1.75. The van der Waals surface area contributed by atoms with E-state index in [2.05, 4.69) is 21.2 Å². The molecular formula is C12H15BrN2O5. The third-order valence-electron chi connectivity index (χ3n) is 2.58. The van der Waals surface area contributed by atoms with Crippen molar-refractivity contribution in [2.75, 3.05) is 27.4 Å². The van der Waals surface area contributed by atoms with Crippen molar-refractivity contribution in [2.24, 2.45) is 0 Å². The Balaban J connectivity index is 2.76. The number of amides is 1. The van der Waals surface area contributed by atoms with E-state index in [0.717, 1.165) is 0 Å². The number of carbonyl (C=O) groups is 1. The van der Waals surface area contributed by atoms with Gasteiger partial charge in [-0.05, 0) is 22.0 Å². The number of non-ortho nitro benzene ring substituents is 1. The van der Waals surface area contributed by atoms with Crippen LogP contribution in [0.5, 0.6) is 0 Å². The van der Waals surface area contributed by atoms with Gasteiger partial charge in [0.05, 0.1) is 23.2 Å². The molecule has 8 heteroatoms. The Bertz CT molecular complexity index is 495. The first-order valence-corrected chi connectivity index (χ1v) is 6.52. The third-order valence-corrected chi connectivity index (χ3v) is 3.27. The standard InChI is InChI=1S/C12H15BrN2O5/c1-19-7-9(20-2)6-14-12(16)10-5-8(15(17)18)3-4-11(10)13/h3-5,9H,6-7H2,1-2H3,(H,14,16). The Morgan fingerprint density at radius 2 is 2.20 bits per heavy atom. The molecule has 1 aromatic rings. The molecule has 7 nitrogen and oxygen atoms in total. The highest BCUT2D eigenvalue weighted by molar-refractivity contribution is 9.10. The predicted molar refractivity (Wildman–Crippen MR) is 75.8 cm³/mol. The number of nitrogens with zero attached hydrogens (tertiary/aromatic N) is 1. The van der Waals surface area contributed by atoms with Crippen molar-refractivity contribution in [1.29, 1.82) is 0 Å². The van der Waals surface area contributed by atoms with Crippen molar-refractivity contribution < 1.29 is 19.2 Å². The average Bonchev–Trinajstić information content (AvgIpc) is 2.43.